The zero-order chi connectivity index (χ0) is 16.9. The van der Waals surface area contributed by atoms with Crippen LogP contribution in [-0.2, 0) is 9.09 Å². The number of nitro groups is 1. The first-order valence-corrected chi connectivity index (χ1v) is 9.99. The number of alkyl halides is 1. The molecule has 0 aliphatic heterocycles. The van der Waals surface area contributed by atoms with Gasteiger partial charge in [0.1, 0.15) is 5.75 Å². The number of halogens is 1. The monoisotopic (exact) mass is 361 g/mol. The summed E-state index contributed by atoms with van der Waals surface area (Å²) in [7, 11) is -3.26. The zero-order valence-corrected chi connectivity index (χ0v) is 14.7. The molecule has 1 aromatic rings. The van der Waals surface area contributed by atoms with Crippen molar-refractivity contribution in [3.05, 3.63) is 34.4 Å². The molecule has 0 aromatic heterocycles. The van der Waals surface area contributed by atoms with Gasteiger partial charge in [0.05, 0.1) is 17.2 Å². The summed E-state index contributed by atoms with van der Waals surface area (Å²) >= 11 is 5.86. The number of nitrogens with zero attached hydrogens (tertiary/aromatic N) is 1. The number of nitro benzene ring substituents is 1. The van der Waals surface area contributed by atoms with Crippen LogP contribution in [-0.4, -0.2) is 23.1 Å². The number of non-ortho nitro benzene ring substituents is 1. The van der Waals surface area contributed by atoms with E-state index in [1.165, 1.54) is 24.3 Å². The van der Waals surface area contributed by atoms with Gasteiger partial charge in [-0.1, -0.05) is 6.92 Å². The maximum absolute atomic E-state index is 12.8. The Morgan fingerprint density at radius 3 is 2.35 bits per heavy atom. The molecule has 1 fully saturated rings. The Kier molecular flexibility index (Phi) is 6.45. The highest BCUT2D eigenvalue weighted by atomic mass is 35.5. The van der Waals surface area contributed by atoms with Crippen LogP contribution in [0.2, 0.25) is 0 Å². The fraction of sp³-hybridized carbons (Fsp3) is 0.600. The summed E-state index contributed by atoms with van der Waals surface area (Å²) in [4.78, 5) is 10.2. The highest BCUT2D eigenvalue weighted by molar-refractivity contribution is 7.54. The van der Waals surface area contributed by atoms with E-state index in [1.807, 2.05) is 0 Å². The topological polar surface area (TPSA) is 78.7 Å². The largest absolute Gasteiger partial charge is 0.424 e. The lowest BCUT2D eigenvalue weighted by Gasteiger charge is -2.30. The van der Waals surface area contributed by atoms with Crippen LogP contribution in [0.3, 0.4) is 0 Å². The van der Waals surface area contributed by atoms with Crippen LogP contribution in [0.15, 0.2) is 24.3 Å². The Morgan fingerprint density at radius 2 is 1.87 bits per heavy atom. The van der Waals surface area contributed by atoms with E-state index in [-0.39, 0.29) is 18.0 Å². The molecule has 0 spiro atoms. The number of hydrogen-bond acceptors (Lipinski definition) is 5. The third-order valence-electron chi connectivity index (χ3n) is 4.00. The summed E-state index contributed by atoms with van der Waals surface area (Å²) in [5.74, 6) is 1.47. The first kappa shape index (κ1) is 18.2. The van der Waals surface area contributed by atoms with Crippen molar-refractivity contribution in [2.75, 3.05) is 12.0 Å². The van der Waals surface area contributed by atoms with Crippen LogP contribution in [0.5, 0.6) is 5.75 Å². The maximum atomic E-state index is 12.8. The minimum absolute atomic E-state index is 0.0380. The lowest BCUT2D eigenvalue weighted by Crippen LogP contribution is -2.22. The Labute approximate surface area is 140 Å². The fourth-order valence-corrected chi connectivity index (χ4v) is 4.31. The van der Waals surface area contributed by atoms with E-state index in [9.17, 15) is 14.7 Å². The Balaban J connectivity index is 1.97. The maximum Gasteiger partial charge on any atom is 0.379 e. The third kappa shape index (κ3) is 5.20. The van der Waals surface area contributed by atoms with Crippen molar-refractivity contribution in [3.63, 3.8) is 0 Å². The number of benzene rings is 1. The Morgan fingerprint density at radius 1 is 1.26 bits per heavy atom. The molecule has 0 saturated heterocycles. The van der Waals surface area contributed by atoms with E-state index >= 15 is 0 Å². The predicted molar refractivity (Wildman–Crippen MR) is 89.4 cm³/mol. The molecular weight excluding hydrogens is 341 g/mol. The van der Waals surface area contributed by atoms with Crippen molar-refractivity contribution in [3.8, 4) is 5.75 Å². The molecule has 1 aliphatic rings. The molecule has 1 aliphatic carbocycles. The summed E-state index contributed by atoms with van der Waals surface area (Å²) in [5, 5.41) is 10.6. The van der Waals surface area contributed by atoms with Gasteiger partial charge in [-0.3, -0.25) is 14.6 Å². The van der Waals surface area contributed by atoms with E-state index in [0.717, 1.165) is 25.7 Å². The molecule has 23 heavy (non-hydrogen) atoms. The second-order valence-corrected chi connectivity index (χ2v) is 8.23. The minimum Gasteiger partial charge on any atom is -0.424 e. The third-order valence-corrected chi connectivity index (χ3v) is 6.32. The molecular formula is C15H21ClNO5P. The summed E-state index contributed by atoms with van der Waals surface area (Å²) in [5.41, 5.74) is -0.0380. The molecule has 0 bridgehead atoms. The van der Waals surface area contributed by atoms with Crippen molar-refractivity contribution in [1.29, 1.82) is 0 Å². The molecule has 1 unspecified atom stereocenters. The van der Waals surface area contributed by atoms with Crippen molar-refractivity contribution in [2.45, 2.75) is 38.7 Å². The second-order valence-electron chi connectivity index (χ2n) is 5.67. The van der Waals surface area contributed by atoms with Gasteiger partial charge in [0, 0.05) is 18.0 Å². The van der Waals surface area contributed by atoms with Crippen LogP contribution in [0, 0.1) is 16.0 Å². The minimum atomic E-state index is -3.26. The van der Waals surface area contributed by atoms with E-state index in [2.05, 4.69) is 0 Å². The van der Waals surface area contributed by atoms with Gasteiger partial charge in [-0.25, -0.2) is 4.57 Å². The molecule has 0 amide bonds. The first-order chi connectivity index (χ1) is 11.0. The van der Waals surface area contributed by atoms with E-state index in [0.29, 0.717) is 17.5 Å². The molecule has 1 saturated carbocycles. The van der Waals surface area contributed by atoms with Crippen molar-refractivity contribution >= 4 is 24.9 Å². The Hall–Kier alpha value is -1.10. The number of hydrogen-bond donors (Lipinski definition) is 0. The van der Waals surface area contributed by atoms with Crippen LogP contribution >= 0.6 is 19.2 Å². The highest BCUT2D eigenvalue weighted by Crippen LogP contribution is 2.51. The fourth-order valence-electron chi connectivity index (χ4n) is 2.57. The molecule has 0 heterocycles. The molecule has 6 nitrogen and oxygen atoms in total. The van der Waals surface area contributed by atoms with Gasteiger partial charge >= 0.3 is 7.60 Å². The van der Waals surface area contributed by atoms with Crippen LogP contribution in [0.4, 0.5) is 5.69 Å². The van der Waals surface area contributed by atoms with Crippen LogP contribution < -0.4 is 4.52 Å². The van der Waals surface area contributed by atoms with Gasteiger partial charge in [-0.05, 0) is 43.7 Å². The predicted octanol–water partition coefficient (Wildman–Crippen LogP) is 5.00. The van der Waals surface area contributed by atoms with Gasteiger partial charge < -0.3 is 4.52 Å². The summed E-state index contributed by atoms with van der Waals surface area (Å²) in [6.45, 7) is 1.75. The summed E-state index contributed by atoms with van der Waals surface area (Å²) < 4.78 is 24.1. The van der Waals surface area contributed by atoms with E-state index < -0.39 is 12.5 Å². The van der Waals surface area contributed by atoms with Crippen molar-refractivity contribution in [1.82, 2.24) is 0 Å². The average Bonchev–Trinajstić information content (AvgIpc) is 2.56. The lowest BCUT2D eigenvalue weighted by molar-refractivity contribution is -0.384. The van der Waals surface area contributed by atoms with Gasteiger partial charge in [-0.2, -0.15) is 0 Å². The van der Waals surface area contributed by atoms with Crippen LogP contribution in [0.1, 0.15) is 32.6 Å². The van der Waals surface area contributed by atoms with E-state index in [4.69, 9.17) is 20.6 Å². The van der Waals surface area contributed by atoms with Crippen molar-refractivity contribution < 1.29 is 18.5 Å². The van der Waals surface area contributed by atoms with Crippen LogP contribution in [0.25, 0.3) is 0 Å². The first-order valence-electron chi connectivity index (χ1n) is 7.73. The second kappa shape index (κ2) is 8.13. The van der Waals surface area contributed by atoms with Gasteiger partial charge in [0.2, 0.25) is 0 Å². The SMILES string of the molecule is CCP(=O)(Oc1ccc([N+](=O)[O-])cc1)OC1CCC(CCl)CC1. The van der Waals surface area contributed by atoms with Gasteiger partial charge in [-0.15, -0.1) is 11.6 Å². The molecule has 8 heteroatoms. The van der Waals surface area contributed by atoms with E-state index in [1.54, 1.807) is 6.92 Å². The zero-order valence-electron chi connectivity index (χ0n) is 13.0. The molecule has 0 N–H and O–H groups in total. The molecule has 1 aromatic carbocycles. The molecule has 0 radical (unpaired) electrons. The highest BCUT2D eigenvalue weighted by Gasteiger charge is 2.31. The lowest BCUT2D eigenvalue weighted by atomic mass is 9.89. The molecule has 2 rings (SSSR count). The Bertz CT molecular complexity index is 572. The smallest absolute Gasteiger partial charge is 0.379 e. The van der Waals surface area contributed by atoms with Gasteiger partial charge in [0.15, 0.2) is 0 Å². The summed E-state index contributed by atoms with van der Waals surface area (Å²) in [6.07, 6.45) is 3.75. The number of rotatable bonds is 7. The molecule has 128 valence electrons. The van der Waals surface area contributed by atoms with Crippen molar-refractivity contribution in [2.24, 2.45) is 5.92 Å². The summed E-state index contributed by atoms with van der Waals surface area (Å²) in [6, 6.07) is 5.52. The normalized spacial score (nSPS) is 23.9. The molecule has 1 atom stereocenters. The van der Waals surface area contributed by atoms with Gasteiger partial charge in [0.25, 0.3) is 5.69 Å². The average molecular weight is 362 g/mol. The standard InChI is InChI=1S/C15H21ClNO5P/c1-2-23(20,21-14-7-3-12(11-16)4-8-14)22-15-9-5-13(6-10-15)17(18)19/h5-6,9-10,12,14H,2-4,7-8,11H2,1H3. The quantitative estimate of drug-likeness (QED) is 0.295.